The van der Waals surface area contributed by atoms with Crippen molar-refractivity contribution in [1.82, 2.24) is 0 Å². The minimum absolute atomic E-state index is 0.170. The van der Waals surface area contributed by atoms with Gasteiger partial charge in [0.05, 0.1) is 6.26 Å². The molecule has 0 aliphatic carbocycles. The zero-order chi connectivity index (χ0) is 11.8. The molecule has 0 fully saturated rings. The SMILES string of the molecule is CC(C)(C)c1ccc(C(Br)c2ccco2)s1. The number of rotatable bonds is 2. The van der Waals surface area contributed by atoms with Gasteiger partial charge in [-0.05, 0) is 29.7 Å². The van der Waals surface area contributed by atoms with Gasteiger partial charge < -0.3 is 4.42 Å². The second-order valence-electron chi connectivity index (χ2n) is 4.83. The van der Waals surface area contributed by atoms with Gasteiger partial charge in [0.25, 0.3) is 0 Å². The van der Waals surface area contributed by atoms with E-state index in [1.807, 2.05) is 23.5 Å². The fourth-order valence-electron chi connectivity index (χ4n) is 1.47. The molecule has 0 aromatic carbocycles. The van der Waals surface area contributed by atoms with Crippen LogP contribution in [0.1, 0.15) is 41.1 Å². The highest BCUT2D eigenvalue weighted by atomic mass is 79.9. The Hall–Kier alpha value is -0.540. The average molecular weight is 299 g/mol. The summed E-state index contributed by atoms with van der Waals surface area (Å²) in [5.74, 6) is 0.960. The third-order valence-electron chi connectivity index (χ3n) is 2.41. The summed E-state index contributed by atoms with van der Waals surface area (Å²) in [5, 5.41) is 0. The number of hydrogen-bond acceptors (Lipinski definition) is 2. The van der Waals surface area contributed by atoms with E-state index in [1.54, 1.807) is 6.26 Å². The van der Waals surface area contributed by atoms with E-state index in [2.05, 4.69) is 48.8 Å². The molecular weight excluding hydrogens is 284 g/mol. The number of hydrogen-bond donors (Lipinski definition) is 0. The third kappa shape index (κ3) is 2.41. The summed E-state index contributed by atoms with van der Waals surface area (Å²) in [5.41, 5.74) is 0.221. The van der Waals surface area contributed by atoms with Gasteiger partial charge in [-0.1, -0.05) is 36.7 Å². The van der Waals surface area contributed by atoms with Gasteiger partial charge in [-0.15, -0.1) is 11.3 Å². The first kappa shape index (κ1) is 11.9. The van der Waals surface area contributed by atoms with E-state index < -0.39 is 0 Å². The van der Waals surface area contributed by atoms with Crippen LogP contribution < -0.4 is 0 Å². The van der Waals surface area contributed by atoms with Crippen molar-refractivity contribution in [3.63, 3.8) is 0 Å². The maximum Gasteiger partial charge on any atom is 0.122 e. The molecule has 2 aromatic heterocycles. The smallest absolute Gasteiger partial charge is 0.122 e. The first-order valence-electron chi connectivity index (χ1n) is 5.26. The van der Waals surface area contributed by atoms with E-state index in [1.165, 1.54) is 9.75 Å². The molecule has 0 aliphatic rings. The van der Waals surface area contributed by atoms with Crippen molar-refractivity contribution in [2.75, 3.05) is 0 Å². The Labute approximate surface area is 109 Å². The topological polar surface area (TPSA) is 13.1 Å². The fourth-order valence-corrected chi connectivity index (χ4v) is 3.21. The van der Waals surface area contributed by atoms with Gasteiger partial charge in [-0.2, -0.15) is 0 Å². The standard InChI is InChI=1S/C13H15BrOS/c1-13(2,3)11-7-6-10(16-11)12(14)9-5-4-8-15-9/h4-8,12H,1-3H3. The number of furan rings is 1. The normalized spacial score (nSPS) is 14.0. The van der Waals surface area contributed by atoms with Gasteiger partial charge in [-0.25, -0.2) is 0 Å². The Morgan fingerprint density at radius 2 is 2.00 bits per heavy atom. The molecule has 0 aliphatic heterocycles. The lowest BCUT2D eigenvalue weighted by molar-refractivity contribution is 0.521. The molecule has 2 heterocycles. The molecule has 86 valence electrons. The van der Waals surface area contributed by atoms with Crippen molar-refractivity contribution in [3.8, 4) is 0 Å². The summed E-state index contributed by atoms with van der Waals surface area (Å²) in [6.07, 6.45) is 1.71. The average Bonchev–Trinajstić information content (AvgIpc) is 2.87. The quantitative estimate of drug-likeness (QED) is 0.701. The predicted molar refractivity (Wildman–Crippen MR) is 72.5 cm³/mol. The molecule has 0 saturated heterocycles. The lowest BCUT2D eigenvalue weighted by atomic mass is 9.95. The van der Waals surface area contributed by atoms with Crippen molar-refractivity contribution in [2.24, 2.45) is 0 Å². The molecule has 2 aromatic rings. The van der Waals surface area contributed by atoms with Crippen LogP contribution >= 0.6 is 27.3 Å². The number of halogens is 1. The summed E-state index contributed by atoms with van der Waals surface area (Å²) in [6.45, 7) is 6.70. The van der Waals surface area contributed by atoms with Crippen LogP contribution in [0.15, 0.2) is 34.9 Å². The molecule has 0 saturated carbocycles. The molecule has 3 heteroatoms. The van der Waals surface area contributed by atoms with E-state index >= 15 is 0 Å². The molecule has 0 amide bonds. The van der Waals surface area contributed by atoms with E-state index in [0.717, 1.165) is 5.76 Å². The van der Waals surface area contributed by atoms with Crippen LogP contribution in [0.25, 0.3) is 0 Å². The van der Waals surface area contributed by atoms with Gasteiger partial charge in [-0.3, -0.25) is 0 Å². The van der Waals surface area contributed by atoms with E-state index in [-0.39, 0.29) is 10.2 Å². The van der Waals surface area contributed by atoms with Crippen molar-refractivity contribution < 1.29 is 4.42 Å². The van der Waals surface area contributed by atoms with Gasteiger partial charge in [0, 0.05) is 9.75 Å². The Morgan fingerprint density at radius 1 is 1.25 bits per heavy atom. The van der Waals surface area contributed by atoms with Crippen LogP contribution in [-0.4, -0.2) is 0 Å². The molecule has 1 nitrogen and oxygen atoms in total. The number of thiophene rings is 1. The van der Waals surface area contributed by atoms with Crippen molar-refractivity contribution in [1.29, 1.82) is 0 Å². The zero-order valence-corrected chi connectivity index (χ0v) is 12.1. The predicted octanol–water partition coefficient (Wildman–Crippen LogP) is 5.12. The molecule has 0 N–H and O–H groups in total. The highest BCUT2D eigenvalue weighted by molar-refractivity contribution is 9.09. The fraction of sp³-hybridized carbons (Fsp3) is 0.385. The highest BCUT2D eigenvalue weighted by Crippen LogP contribution is 2.38. The van der Waals surface area contributed by atoms with Gasteiger partial charge >= 0.3 is 0 Å². The Morgan fingerprint density at radius 3 is 2.50 bits per heavy atom. The summed E-state index contributed by atoms with van der Waals surface area (Å²) >= 11 is 5.51. The van der Waals surface area contributed by atoms with Crippen molar-refractivity contribution in [2.45, 2.75) is 31.0 Å². The summed E-state index contributed by atoms with van der Waals surface area (Å²) < 4.78 is 5.40. The maximum atomic E-state index is 5.40. The molecule has 2 rings (SSSR count). The van der Waals surface area contributed by atoms with Crippen LogP contribution in [0.4, 0.5) is 0 Å². The van der Waals surface area contributed by atoms with Crippen LogP contribution in [0.3, 0.4) is 0 Å². The minimum atomic E-state index is 0.170. The minimum Gasteiger partial charge on any atom is -0.468 e. The van der Waals surface area contributed by atoms with Gasteiger partial charge in [0.15, 0.2) is 0 Å². The van der Waals surface area contributed by atoms with Crippen LogP contribution in [0, 0.1) is 0 Å². The summed E-state index contributed by atoms with van der Waals surface area (Å²) in [4.78, 5) is 2.86. The zero-order valence-electron chi connectivity index (χ0n) is 9.66. The molecule has 1 atom stereocenters. The monoisotopic (exact) mass is 298 g/mol. The Kier molecular flexibility index (Phi) is 3.27. The third-order valence-corrected chi connectivity index (χ3v) is 5.23. The molecular formula is C13H15BrOS. The number of alkyl halides is 1. The Bertz CT molecular complexity index is 450. The van der Waals surface area contributed by atoms with Crippen LogP contribution in [-0.2, 0) is 5.41 Å². The van der Waals surface area contributed by atoms with E-state index in [0.29, 0.717) is 0 Å². The van der Waals surface area contributed by atoms with Crippen molar-refractivity contribution >= 4 is 27.3 Å². The maximum absolute atomic E-state index is 5.40. The lowest BCUT2D eigenvalue weighted by Gasteiger charge is -2.15. The Balaban J connectivity index is 2.26. The molecule has 1 unspecified atom stereocenters. The first-order chi connectivity index (χ1) is 7.48. The molecule has 0 bridgehead atoms. The molecule has 0 radical (unpaired) electrons. The van der Waals surface area contributed by atoms with E-state index in [4.69, 9.17) is 4.42 Å². The van der Waals surface area contributed by atoms with Gasteiger partial charge in [0.2, 0.25) is 0 Å². The summed E-state index contributed by atoms with van der Waals surface area (Å²) in [6, 6.07) is 8.29. The largest absolute Gasteiger partial charge is 0.468 e. The highest BCUT2D eigenvalue weighted by Gasteiger charge is 2.20. The van der Waals surface area contributed by atoms with Crippen LogP contribution in [0.2, 0.25) is 0 Å². The lowest BCUT2D eigenvalue weighted by Crippen LogP contribution is -2.07. The molecule has 16 heavy (non-hydrogen) atoms. The van der Waals surface area contributed by atoms with E-state index in [9.17, 15) is 0 Å². The summed E-state index contributed by atoms with van der Waals surface area (Å²) in [7, 11) is 0. The second kappa shape index (κ2) is 4.38. The van der Waals surface area contributed by atoms with Gasteiger partial charge in [0.1, 0.15) is 10.6 Å². The second-order valence-corrected chi connectivity index (χ2v) is 6.86. The first-order valence-corrected chi connectivity index (χ1v) is 6.99. The van der Waals surface area contributed by atoms with Crippen LogP contribution in [0.5, 0.6) is 0 Å². The molecule has 0 spiro atoms. The van der Waals surface area contributed by atoms with Crippen molar-refractivity contribution in [3.05, 3.63) is 46.0 Å².